The molecule has 0 heterocycles. The molecule has 0 fully saturated rings. The van der Waals surface area contributed by atoms with Gasteiger partial charge in [0.1, 0.15) is 5.82 Å². The fraction of sp³-hybridized carbons (Fsp3) is 0.400. The van der Waals surface area contributed by atoms with Crippen molar-refractivity contribution in [2.75, 3.05) is 6.54 Å². The van der Waals surface area contributed by atoms with Gasteiger partial charge in [0.05, 0.1) is 11.1 Å². The molecule has 1 aliphatic rings. The molecule has 1 amide bonds. The SMILES string of the molecule is O=C(CC1C=CCC1)NCC(O)c1ccc(Cl)c(F)c1. The van der Waals surface area contributed by atoms with Crippen molar-refractivity contribution in [1.29, 1.82) is 0 Å². The lowest BCUT2D eigenvalue weighted by Gasteiger charge is -2.14. The molecule has 2 unspecified atom stereocenters. The lowest BCUT2D eigenvalue weighted by atomic mass is 10.0. The molecule has 1 aromatic rings. The zero-order valence-corrected chi connectivity index (χ0v) is 11.7. The zero-order chi connectivity index (χ0) is 14.5. The molecule has 0 saturated heterocycles. The summed E-state index contributed by atoms with van der Waals surface area (Å²) in [4.78, 5) is 11.7. The maximum atomic E-state index is 13.3. The van der Waals surface area contributed by atoms with E-state index < -0.39 is 11.9 Å². The van der Waals surface area contributed by atoms with Gasteiger partial charge in [-0.2, -0.15) is 0 Å². The Labute approximate surface area is 122 Å². The van der Waals surface area contributed by atoms with Crippen LogP contribution in [0.15, 0.2) is 30.4 Å². The molecule has 0 aliphatic heterocycles. The molecule has 0 bridgehead atoms. The number of hydrogen-bond donors (Lipinski definition) is 2. The van der Waals surface area contributed by atoms with Crippen molar-refractivity contribution in [3.05, 3.63) is 46.8 Å². The predicted molar refractivity (Wildman–Crippen MR) is 75.9 cm³/mol. The fourth-order valence-corrected chi connectivity index (χ4v) is 2.34. The Kier molecular flexibility index (Phi) is 5.15. The molecule has 2 atom stereocenters. The summed E-state index contributed by atoms with van der Waals surface area (Å²) in [6, 6.07) is 4.11. The summed E-state index contributed by atoms with van der Waals surface area (Å²) in [5.74, 6) is -0.388. The maximum absolute atomic E-state index is 13.3. The van der Waals surface area contributed by atoms with Gasteiger partial charge in [0.2, 0.25) is 5.91 Å². The molecule has 1 aliphatic carbocycles. The van der Waals surface area contributed by atoms with Crippen molar-refractivity contribution in [2.45, 2.75) is 25.4 Å². The third kappa shape index (κ3) is 4.05. The second kappa shape index (κ2) is 6.86. The second-order valence-electron chi connectivity index (χ2n) is 4.96. The number of aliphatic hydroxyl groups is 1. The summed E-state index contributed by atoms with van der Waals surface area (Å²) in [7, 11) is 0. The van der Waals surface area contributed by atoms with Crippen molar-refractivity contribution >= 4 is 17.5 Å². The summed E-state index contributed by atoms with van der Waals surface area (Å²) in [5.41, 5.74) is 0.396. The Bertz CT molecular complexity index is 519. The van der Waals surface area contributed by atoms with Gasteiger partial charge >= 0.3 is 0 Å². The number of hydrogen-bond acceptors (Lipinski definition) is 2. The summed E-state index contributed by atoms with van der Waals surface area (Å²) >= 11 is 5.58. The van der Waals surface area contributed by atoms with Crippen LogP contribution in [0.25, 0.3) is 0 Å². The average molecular weight is 298 g/mol. The molecular weight excluding hydrogens is 281 g/mol. The Morgan fingerprint density at radius 1 is 1.55 bits per heavy atom. The van der Waals surface area contributed by atoms with E-state index >= 15 is 0 Å². The number of nitrogens with one attached hydrogen (secondary N) is 1. The Morgan fingerprint density at radius 2 is 2.35 bits per heavy atom. The summed E-state index contributed by atoms with van der Waals surface area (Å²) in [5, 5.41) is 12.6. The molecule has 2 N–H and O–H groups in total. The van der Waals surface area contributed by atoms with E-state index in [-0.39, 0.29) is 17.5 Å². The first-order chi connectivity index (χ1) is 9.56. The standard InChI is InChI=1S/C15H17ClFNO2/c16-12-6-5-11(8-13(12)17)14(19)9-18-15(20)7-10-3-1-2-4-10/h1,3,5-6,8,10,14,19H,2,4,7,9H2,(H,18,20). The van der Waals surface area contributed by atoms with Crippen molar-refractivity contribution in [2.24, 2.45) is 5.92 Å². The van der Waals surface area contributed by atoms with E-state index in [1.54, 1.807) is 6.07 Å². The largest absolute Gasteiger partial charge is 0.387 e. The number of carbonyl (C=O) groups excluding carboxylic acids is 1. The molecule has 1 aromatic carbocycles. The molecule has 0 aromatic heterocycles. The summed E-state index contributed by atoms with van der Waals surface area (Å²) in [6.45, 7) is 0.0658. The Balaban J connectivity index is 1.81. The van der Waals surface area contributed by atoms with Crippen LogP contribution in [0, 0.1) is 11.7 Å². The van der Waals surface area contributed by atoms with Crippen LogP contribution in [0.2, 0.25) is 5.02 Å². The van der Waals surface area contributed by atoms with E-state index in [9.17, 15) is 14.3 Å². The number of benzene rings is 1. The third-order valence-electron chi connectivity index (χ3n) is 3.38. The molecule has 0 saturated carbocycles. The van der Waals surface area contributed by atoms with Crippen LogP contribution in [0.3, 0.4) is 0 Å². The second-order valence-corrected chi connectivity index (χ2v) is 5.37. The van der Waals surface area contributed by atoms with Crippen molar-refractivity contribution in [3.8, 4) is 0 Å². The highest BCUT2D eigenvalue weighted by Crippen LogP contribution is 2.21. The van der Waals surface area contributed by atoms with Crippen molar-refractivity contribution < 1.29 is 14.3 Å². The van der Waals surface area contributed by atoms with Crippen LogP contribution < -0.4 is 5.32 Å². The number of rotatable bonds is 5. The minimum Gasteiger partial charge on any atom is -0.387 e. The minimum atomic E-state index is -0.940. The first kappa shape index (κ1) is 15.0. The first-order valence-electron chi connectivity index (χ1n) is 6.62. The van der Waals surface area contributed by atoms with E-state index in [4.69, 9.17) is 11.6 Å². The van der Waals surface area contributed by atoms with E-state index in [0.29, 0.717) is 17.9 Å². The first-order valence-corrected chi connectivity index (χ1v) is 7.00. The molecule has 108 valence electrons. The normalized spacial score (nSPS) is 19.1. The highest BCUT2D eigenvalue weighted by molar-refractivity contribution is 6.30. The molecule has 20 heavy (non-hydrogen) atoms. The number of aliphatic hydroxyl groups excluding tert-OH is 1. The monoisotopic (exact) mass is 297 g/mol. The van der Waals surface area contributed by atoms with E-state index in [1.165, 1.54) is 12.1 Å². The van der Waals surface area contributed by atoms with Crippen LogP contribution in [-0.2, 0) is 4.79 Å². The average Bonchev–Trinajstić information content (AvgIpc) is 2.92. The number of amides is 1. The quantitative estimate of drug-likeness (QED) is 0.821. The van der Waals surface area contributed by atoms with Gasteiger partial charge in [0, 0.05) is 13.0 Å². The zero-order valence-electron chi connectivity index (χ0n) is 11.0. The number of carbonyl (C=O) groups is 1. The van der Waals surface area contributed by atoms with Gasteiger partial charge in [0.15, 0.2) is 0 Å². The van der Waals surface area contributed by atoms with Crippen LogP contribution in [-0.4, -0.2) is 17.6 Å². The van der Waals surface area contributed by atoms with Crippen molar-refractivity contribution in [1.82, 2.24) is 5.32 Å². The van der Waals surface area contributed by atoms with E-state index in [2.05, 4.69) is 11.4 Å². The number of allylic oxidation sites excluding steroid dienone is 2. The van der Waals surface area contributed by atoms with Gasteiger partial charge in [-0.25, -0.2) is 4.39 Å². The van der Waals surface area contributed by atoms with Crippen LogP contribution in [0.4, 0.5) is 4.39 Å². The van der Waals surface area contributed by atoms with Gasteiger partial charge in [-0.05, 0) is 36.5 Å². The fourth-order valence-electron chi connectivity index (χ4n) is 2.22. The highest BCUT2D eigenvalue weighted by atomic mass is 35.5. The van der Waals surface area contributed by atoms with Gasteiger partial charge in [-0.3, -0.25) is 4.79 Å². The summed E-state index contributed by atoms with van der Waals surface area (Å²) in [6.07, 6.45) is 5.62. The minimum absolute atomic E-state index is 0.0120. The molecule has 0 spiro atoms. The maximum Gasteiger partial charge on any atom is 0.220 e. The van der Waals surface area contributed by atoms with E-state index in [0.717, 1.165) is 12.8 Å². The lowest BCUT2D eigenvalue weighted by molar-refractivity contribution is -0.122. The summed E-state index contributed by atoms with van der Waals surface area (Å²) < 4.78 is 13.3. The Morgan fingerprint density at radius 3 is 3.00 bits per heavy atom. The van der Waals surface area contributed by atoms with Crippen molar-refractivity contribution in [3.63, 3.8) is 0 Å². The Hall–Kier alpha value is -1.39. The van der Waals surface area contributed by atoms with Crippen LogP contribution in [0.1, 0.15) is 30.9 Å². The molecule has 0 radical (unpaired) electrons. The van der Waals surface area contributed by atoms with Gasteiger partial charge in [-0.15, -0.1) is 0 Å². The molecule has 3 nitrogen and oxygen atoms in total. The van der Waals surface area contributed by atoms with Crippen LogP contribution in [0.5, 0.6) is 0 Å². The molecular formula is C15H17ClFNO2. The number of halogens is 2. The smallest absolute Gasteiger partial charge is 0.220 e. The third-order valence-corrected chi connectivity index (χ3v) is 3.69. The predicted octanol–water partition coefficient (Wildman–Crippen LogP) is 2.99. The van der Waals surface area contributed by atoms with Gasteiger partial charge in [-0.1, -0.05) is 29.8 Å². The lowest BCUT2D eigenvalue weighted by Crippen LogP contribution is -2.29. The highest BCUT2D eigenvalue weighted by Gasteiger charge is 2.16. The van der Waals surface area contributed by atoms with Crippen LogP contribution >= 0.6 is 11.6 Å². The molecule has 2 rings (SSSR count). The molecule has 5 heteroatoms. The van der Waals surface area contributed by atoms with Gasteiger partial charge < -0.3 is 10.4 Å². The van der Waals surface area contributed by atoms with Gasteiger partial charge in [0.25, 0.3) is 0 Å². The topological polar surface area (TPSA) is 49.3 Å². The van der Waals surface area contributed by atoms with E-state index in [1.807, 2.05) is 6.08 Å².